The van der Waals surface area contributed by atoms with Gasteiger partial charge in [0.1, 0.15) is 0 Å². The lowest BCUT2D eigenvalue weighted by atomic mass is 10.2. The predicted octanol–water partition coefficient (Wildman–Crippen LogP) is 2.79. The number of esters is 1. The Hall–Kier alpha value is -2.47. The minimum atomic E-state index is -0.562. The van der Waals surface area contributed by atoms with Gasteiger partial charge in [-0.1, -0.05) is 12.1 Å². The summed E-state index contributed by atoms with van der Waals surface area (Å²) in [5.74, 6) is -0.946. The molecule has 0 unspecified atom stereocenters. The average molecular weight is 316 g/mol. The highest BCUT2D eigenvalue weighted by Crippen LogP contribution is 2.24. The lowest BCUT2D eigenvalue weighted by molar-refractivity contribution is -0.119. The first-order valence-corrected chi connectivity index (χ1v) is 7.78. The summed E-state index contributed by atoms with van der Waals surface area (Å²) in [5.41, 5.74) is 7.15. The summed E-state index contributed by atoms with van der Waals surface area (Å²) in [5, 5.41) is 2.72. The van der Waals surface area contributed by atoms with Gasteiger partial charge in [0, 0.05) is 10.6 Å². The van der Waals surface area contributed by atoms with Gasteiger partial charge in [0.15, 0.2) is 6.61 Å². The highest BCUT2D eigenvalue weighted by atomic mass is 32.2. The third-order valence-corrected chi connectivity index (χ3v) is 3.66. The third-order valence-electron chi connectivity index (χ3n) is 2.86. The van der Waals surface area contributed by atoms with E-state index in [4.69, 9.17) is 10.5 Å². The van der Waals surface area contributed by atoms with Crippen LogP contribution in [0, 0.1) is 0 Å². The molecule has 0 aliphatic carbocycles. The van der Waals surface area contributed by atoms with E-state index in [9.17, 15) is 9.59 Å². The second-order valence-corrected chi connectivity index (χ2v) is 5.29. The topological polar surface area (TPSA) is 81.4 Å². The Morgan fingerprint density at radius 3 is 2.50 bits per heavy atom. The summed E-state index contributed by atoms with van der Waals surface area (Å²) >= 11 is 1.53. The fourth-order valence-electron chi connectivity index (χ4n) is 1.77. The molecule has 0 atom stereocenters. The van der Waals surface area contributed by atoms with Gasteiger partial charge in [-0.3, -0.25) is 4.79 Å². The fourth-order valence-corrected chi connectivity index (χ4v) is 2.32. The summed E-state index contributed by atoms with van der Waals surface area (Å²) in [6.45, 7) is -0.341. The Labute approximate surface area is 132 Å². The predicted molar refractivity (Wildman–Crippen MR) is 88.0 cm³/mol. The van der Waals surface area contributed by atoms with Crippen LogP contribution in [-0.4, -0.2) is 24.7 Å². The number of thioether (sulfide) groups is 1. The largest absolute Gasteiger partial charge is 0.452 e. The van der Waals surface area contributed by atoms with E-state index in [2.05, 4.69) is 5.32 Å². The van der Waals surface area contributed by atoms with E-state index in [0.717, 1.165) is 4.90 Å². The normalized spacial score (nSPS) is 10.0. The van der Waals surface area contributed by atoms with E-state index in [1.54, 1.807) is 30.3 Å². The van der Waals surface area contributed by atoms with Gasteiger partial charge in [-0.05, 0) is 42.7 Å². The maximum absolute atomic E-state index is 11.9. The number of carbonyl (C=O) groups excluding carboxylic acids is 2. The number of nitrogens with one attached hydrogen (secondary N) is 1. The maximum atomic E-state index is 11.9. The standard InChI is InChI=1S/C16H16N2O3S/c1-22-14-5-3-2-4-13(14)18-15(19)10-21-16(20)11-6-8-12(17)9-7-11/h2-9H,10,17H2,1H3,(H,18,19). The third kappa shape index (κ3) is 4.26. The van der Waals surface area contributed by atoms with E-state index in [-0.39, 0.29) is 12.5 Å². The quantitative estimate of drug-likeness (QED) is 0.503. The molecule has 3 N–H and O–H groups in total. The number of carbonyl (C=O) groups is 2. The van der Waals surface area contributed by atoms with Crippen LogP contribution in [-0.2, 0) is 9.53 Å². The molecule has 0 fully saturated rings. The minimum Gasteiger partial charge on any atom is -0.452 e. The summed E-state index contributed by atoms with van der Waals surface area (Å²) < 4.78 is 4.98. The molecule has 114 valence electrons. The molecule has 5 nitrogen and oxygen atoms in total. The first kappa shape index (κ1) is 15.9. The van der Waals surface area contributed by atoms with Crippen LogP contribution in [0.1, 0.15) is 10.4 Å². The van der Waals surface area contributed by atoms with Gasteiger partial charge < -0.3 is 15.8 Å². The van der Waals surface area contributed by atoms with Crippen LogP contribution in [0.2, 0.25) is 0 Å². The molecule has 1 amide bonds. The number of hydrogen-bond donors (Lipinski definition) is 2. The summed E-state index contributed by atoms with van der Waals surface area (Å²) in [4.78, 5) is 24.6. The molecular formula is C16H16N2O3S. The molecule has 0 aliphatic rings. The molecular weight excluding hydrogens is 300 g/mol. The van der Waals surface area contributed by atoms with Crippen molar-refractivity contribution in [1.82, 2.24) is 0 Å². The number of nitrogens with two attached hydrogens (primary N) is 1. The smallest absolute Gasteiger partial charge is 0.338 e. The molecule has 0 aromatic heterocycles. The molecule has 0 radical (unpaired) electrons. The minimum absolute atomic E-state index is 0.341. The van der Waals surface area contributed by atoms with Crippen molar-refractivity contribution in [3.63, 3.8) is 0 Å². The first-order chi connectivity index (χ1) is 10.6. The van der Waals surface area contributed by atoms with Gasteiger partial charge in [-0.15, -0.1) is 11.8 Å². The van der Waals surface area contributed by atoms with Crippen molar-refractivity contribution in [2.24, 2.45) is 0 Å². The van der Waals surface area contributed by atoms with E-state index < -0.39 is 5.97 Å². The Morgan fingerprint density at radius 1 is 1.14 bits per heavy atom. The lowest BCUT2D eigenvalue weighted by Gasteiger charge is -2.09. The van der Waals surface area contributed by atoms with Gasteiger partial charge in [0.05, 0.1) is 11.3 Å². The Kier molecular flexibility index (Phi) is 5.43. The van der Waals surface area contributed by atoms with Crippen LogP contribution >= 0.6 is 11.8 Å². The van der Waals surface area contributed by atoms with Crippen molar-refractivity contribution in [3.8, 4) is 0 Å². The van der Waals surface area contributed by atoms with Crippen molar-refractivity contribution in [2.75, 3.05) is 23.9 Å². The number of hydrogen-bond acceptors (Lipinski definition) is 5. The summed E-state index contributed by atoms with van der Waals surface area (Å²) in [7, 11) is 0. The Bertz CT molecular complexity index is 671. The van der Waals surface area contributed by atoms with Crippen LogP contribution < -0.4 is 11.1 Å². The zero-order chi connectivity index (χ0) is 15.9. The summed E-state index contributed by atoms with van der Waals surface area (Å²) in [6, 6.07) is 13.7. The molecule has 0 saturated heterocycles. The second kappa shape index (κ2) is 7.51. The van der Waals surface area contributed by atoms with Crippen LogP contribution in [0.15, 0.2) is 53.4 Å². The number of para-hydroxylation sites is 1. The van der Waals surface area contributed by atoms with Crippen molar-refractivity contribution in [1.29, 1.82) is 0 Å². The van der Waals surface area contributed by atoms with Gasteiger partial charge in [0.25, 0.3) is 5.91 Å². The number of ether oxygens (including phenoxy) is 1. The van der Waals surface area contributed by atoms with Crippen LogP contribution in [0.25, 0.3) is 0 Å². The van der Waals surface area contributed by atoms with Crippen LogP contribution in [0.3, 0.4) is 0 Å². The Morgan fingerprint density at radius 2 is 1.82 bits per heavy atom. The SMILES string of the molecule is CSc1ccccc1NC(=O)COC(=O)c1ccc(N)cc1. The molecule has 2 aromatic carbocycles. The highest BCUT2D eigenvalue weighted by Gasteiger charge is 2.11. The van der Waals surface area contributed by atoms with Crippen LogP contribution in [0.5, 0.6) is 0 Å². The monoisotopic (exact) mass is 316 g/mol. The lowest BCUT2D eigenvalue weighted by Crippen LogP contribution is -2.21. The summed E-state index contributed by atoms with van der Waals surface area (Å²) in [6.07, 6.45) is 1.92. The van der Waals surface area contributed by atoms with Crippen molar-refractivity contribution < 1.29 is 14.3 Å². The van der Waals surface area contributed by atoms with E-state index in [1.807, 2.05) is 24.5 Å². The average Bonchev–Trinajstić information content (AvgIpc) is 2.54. The molecule has 22 heavy (non-hydrogen) atoms. The van der Waals surface area contributed by atoms with Gasteiger partial charge in [0.2, 0.25) is 0 Å². The molecule has 0 saturated carbocycles. The molecule has 0 aliphatic heterocycles. The zero-order valence-electron chi connectivity index (χ0n) is 12.0. The molecule has 2 aromatic rings. The van der Waals surface area contributed by atoms with E-state index in [1.165, 1.54) is 11.8 Å². The van der Waals surface area contributed by atoms with Crippen molar-refractivity contribution in [2.45, 2.75) is 4.90 Å². The zero-order valence-corrected chi connectivity index (χ0v) is 12.9. The van der Waals surface area contributed by atoms with Crippen molar-refractivity contribution >= 4 is 35.0 Å². The van der Waals surface area contributed by atoms with Crippen LogP contribution in [0.4, 0.5) is 11.4 Å². The second-order valence-electron chi connectivity index (χ2n) is 4.45. The van der Waals surface area contributed by atoms with Gasteiger partial charge >= 0.3 is 5.97 Å². The molecule has 6 heteroatoms. The first-order valence-electron chi connectivity index (χ1n) is 6.55. The number of anilines is 2. The molecule has 0 spiro atoms. The number of rotatable bonds is 5. The van der Waals surface area contributed by atoms with Gasteiger partial charge in [-0.25, -0.2) is 4.79 Å². The fraction of sp³-hybridized carbons (Fsp3) is 0.125. The molecule has 2 rings (SSSR count). The number of amides is 1. The molecule has 0 bridgehead atoms. The number of nitrogen functional groups attached to an aromatic ring is 1. The van der Waals surface area contributed by atoms with E-state index in [0.29, 0.717) is 16.9 Å². The van der Waals surface area contributed by atoms with Gasteiger partial charge in [-0.2, -0.15) is 0 Å². The van der Waals surface area contributed by atoms with E-state index >= 15 is 0 Å². The highest BCUT2D eigenvalue weighted by molar-refractivity contribution is 7.98. The molecule has 0 heterocycles. The number of benzene rings is 2. The van der Waals surface area contributed by atoms with Crippen molar-refractivity contribution in [3.05, 3.63) is 54.1 Å². The Balaban J connectivity index is 1.90. The maximum Gasteiger partial charge on any atom is 0.338 e.